The standard InChI is InChI=1S/C27H23FO8/c28-24-23(36-27(32)19-14-8-3-9-15-19)22(35-26(31)18-12-6-2-7-13-18)21(20(16-29)33-24)34-25(30)17-10-4-1-5-11-17/h1-15,20-24,29H,16H2/t20-,21-,22+,23-,24?/m1/s1. The Morgan fingerprint density at radius 2 is 1.00 bits per heavy atom. The van der Waals surface area contributed by atoms with Crippen molar-refractivity contribution in [3.8, 4) is 0 Å². The number of aliphatic hydroxyl groups excluding tert-OH is 1. The summed E-state index contributed by atoms with van der Waals surface area (Å²) in [7, 11) is 0. The van der Waals surface area contributed by atoms with E-state index >= 15 is 4.39 Å². The highest BCUT2D eigenvalue weighted by molar-refractivity contribution is 5.91. The normalized spacial score (nSPS) is 23.3. The van der Waals surface area contributed by atoms with Crippen LogP contribution in [0.25, 0.3) is 0 Å². The van der Waals surface area contributed by atoms with Gasteiger partial charge in [-0.2, -0.15) is 0 Å². The summed E-state index contributed by atoms with van der Waals surface area (Å²) in [5, 5.41) is 9.85. The molecule has 9 heteroatoms. The number of alkyl halides is 1. The van der Waals surface area contributed by atoms with Crippen LogP contribution in [0.15, 0.2) is 91.0 Å². The second-order valence-corrected chi connectivity index (χ2v) is 7.92. The summed E-state index contributed by atoms with van der Waals surface area (Å²) in [6.07, 6.45) is -8.58. The molecule has 0 amide bonds. The topological polar surface area (TPSA) is 108 Å². The monoisotopic (exact) mass is 494 g/mol. The highest BCUT2D eigenvalue weighted by Gasteiger charge is 2.52. The van der Waals surface area contributed by atoms with Gasteiger partial charge in [0, 0.05) is 0 Å². The van der Waals surface area contributed by atoms with Crippen LogP contribution in [0.3, 0.4) is 0 Å². The van der Waals surface area contributed by atoms with E-state index in [1.165, 1.54) is 36.4 Å². The highest BCUT2D eigenvalue weighted by atomic mass is 19.1. The van der Waals surface area contributed by atoms with Crippen molar-refractivity contribution in [1.82, 2.24) is 0 Å². The zero-order valence-electron chi connectivity index (χ0n) is 18.9. The molecular formula is C27H23FO8. The number of carbonyl (C=O) groups excluding carboxylic acids is 3. The number of hydrogen-bond acceptors (Lipinski definition) is 8. The Bertz CT molecular complexity index is 1170. The van der Waals surface area contributed by atoms with Crippen LogP contribution in [0.2, 0.25) is 0 Å². The van der Waals surface area contributed by atoms with Gasteiger partial charge in [0.05, 0.1) is 23.3 Å². The predicted octanol–water partition coefficient (Wildman–Crippen LogP) is 3.35. The van der Waals surface area contributed by atoms with E-state index in [2.05, 4.69) is 0 Å². The van der Waals surface area contributed by atoms with Crippen molar-refractivity contribution in [3.63, 3.8) is 0 Å². The van der Waals surface area contributed by atoms with Gasteiger partial charge in [-0.3, -0.25) is 0 Å². The van der Waals surface area contributed by atoms with Gasteiger partial charge < -0.3 is 24.1 Å². The fourth-order valence-electron chi connectivity index (χ4n) is 3.71. The molecule has 186 valence electrons. The largest absolute Gasteiger partial charge is 0.452 e. The maximum Gasteiger partial charge on any atom is 0.338 e. The predicted molar refractivity (Wildman–Crippen MR) is 124 cm³/mol. The molecule has 0 saturated carbocycles. The Morgan fingerprint density at radius 3 is 1.39 bits per heavy atom. The van der Waals surface area contributed by atoms with Crippen molar-refractivity contribution in [2.24, 2.45) is 0 Å². The summed E-state index contributed by atoms with van der Waals surface area (Å²) < 4.78 is 36.8. The van der Waals surface area contributed by atoms with Crippen molar-refractivity contribution < 1.29 is 42.8 Å². The van der Waals surface area contributed by atoms with Crippen molar-refractivity contribution in [1.29, 1.82) is 0 Å². The smallest absolute Gasteiger partial charge is 0.338 e. The first-order chi connectivity index (χ1) is 17.5. The lowest BCUT2D eigenvalue weighted by molar-refractivity contribution is -0.261. The summed E-state index contributed by atoms with van der Waals surface area (Å²) in [6, 6.07) is 23.6. The van der Waals surface area contributed by atoms with Gasteiger partial charge in [0.1, 0.15) is 6.10 Å². The average Bonchev–Trinajstić information content (AvgIpc) is 2.93. The van der Waals surface area contributed by atoms with Gasteiger partial charge in [0.2, 0.25) is 6.36 Å². The second-order valence-electron chi connectivity index (χ2n) is 7.92. The van der Waals surface area contributed by atoms with Crippen LogP contribution in [0.4, 0.5) is 4.39 Å². The highest BCUT2D eigenvalue weighted by Crippen LogP contribution is 2.31. The fourth-order valence-corrected chi connectivity index (χ4v) is 3.71. The molecule has 1 saturated heterocycles. The maximum atomic E-state index is 15.2. The van der Waals surface area contributed by atoms with Crippen molar-refractivity contribution in [2.75, 3.05) is 6.61 Å². The number of esters is 3. The summed E-state index contributed by atoms with van der Waals surface area (Å²) in [4.78, 5) is 38.4. The molecule has 1 unspecified atom stereocenters. The molecule has 36 heavy (non-hydrogen) atoms. The molecule has 0 aliphatic carbocycles. The molecule has 1 aliphatic rings. The molecule has 3 aromatic carbocycles. The molecule has 1 N–H and O–H groups in total. The minimum absolute atomic E-state index is 0.125. The number of benzene rings is 3. The Hall–Kier alpha value is -4.08. The summed E-state index contributed by atoms with van der Waals surface area (Å²) in [5.41, 5.74) is 0.434. The van der Waals surface area contributed by atoms with E-state index in [9.17, 15) is 19.5 Å². The third-order valence-electron chi connectivity index (χ3n) is 5.51. The first-order valence-corrected chi connectivity index (χ1v) is 11.2. The molecule has 3 aromatic rings. The molecule has 0 aromatic heterocycles. The van der Waals surface area contributed by atoms with Gasteiger partial charge in [0.25, 0.3) is 0 Å². The molecule has 1 fully saturated rings. The lowest BCUT2D eigenvalue weighted by atomic mass is 9.98. The van der Waals surface area contributed by atoms with Crippen LogP contribution < -0.4 is 0 Å². The maximum absolute atomic E-state index is 15.2. The second kappa shape index (κ2) is 11.6. The molecule has 8 nitrogen and oxygen atoms in total. The lowest BCUT2D eigenvalue weighted by Crippen LogP contribution is -2.61. The Labute approximate surface area is 206 Å². The van der Waals surface area contributed by atoms with Gasteiger partial charge >= 0.3 is 17.9 Å². The molecule has 1 heterocycles. The summed E-state index contributed by atoms with van der Waals surface area (Å²) >= 11 is 0. The first kappa shape index (κ1) is 25.0. The summed E-state index contributed by atoms with van der Waals surface area (Å²) in [6.45, 7) is -0.758. The molecular weight excluding hydrogens is 471 g/mol. The van der Waals surface area contributed by atoms with E-state index in [1.807, 2.05) is 0 Å². The minimum Gasteiger partial charge on any atom is -0.452 e. The number of carbonyl (C=O) groups is 3. The molecule has 5 atom stereocenters. The zero-order valence-corrected chi connectivity index (χ0v) is 18.9. The third-order valence-corrected chi connectivity index (χ3v) is 5.51. The zero-order chi connectivity index (χ0) is 25.5. The van der Waals surface area contributed by atoms with Gasteiger partial charge in [-0.15, -0.1) is 0 Å². The van der Waals surface area contributed by atoms with Crippen LogP contribution in [0.5, 0.6) is 0 Å². The Balaban J connectivity index is 1.66. The van der Waals surface area contributed by atoms with E-state index in [0.29, 0.717) is 0 Å². The van der Waals surface area contributed by atoms with E-state index in [1.54, 1.807) is 54.6 Å². The molecule has 0 spiro atoms. The Kier molecular flexibility index (Phi) is 8.04. The average molecular weight is 494 g/mol. The van der Waals surface area contributed by atoms with Crippen LogP contribution in [-0.2, 0) is 18.9 Å². The molecule has 4 rings (SSSR count). The number of ether oxygens (including phenoxy) is 4. The third kappa shape index (κ3) is 5.76. The lowest BCUT2D eigenvalue weighted by Gasteiger charge is -2.41. The van der Waals surface area contributed by atoms with E-state index in [0.717, 1.165) is 0 Å². The summed E-state index contributed by atoms with van der Waals surface area (Å²) in [5.74, 6) is -2.59. The van der Waals surface area contributed by atoms with Crippen LogP contribution in [0.1, 0.15) is 31.1 Å². The van der Waals surface area contributed by atoms with E-state index in [-0.39, 0.29) is 16.7 Å². The van der Waals surface area contributed by atoms with Gasteiger partial charge in [0.15, 0.2) is 18.3 Å². The van der Waals surface area contributed by atoms with E-state index in [4.69, 9.17) is 18.9 Å². The number of halogens is 1. The van der Waals surface area contributed by atoms with Crippen molar-refractivity contribution >= 4 is 17.9 Å². The van der Waals surface area contributed by atoms with E-state index < -0.39 is 55.3 Å². The van der Waals surface area contributed by atoms with Crippen molar-refractivity contribution in [2.45, 2.75) is 30.8 Å². The quantitative estimate of drug-likeness (QED) is 0.394. The Morgan fingerprint density at radius 1 is 0.639 bits per heavy atom. The van der Waals surface area contributed by atoms with Crippen molar-refractivity contribution in [3.05, 3.63) is 108 Å². The van der Waals surface area contributed by atoms with Crippen LogP contribution >= 0.6 is 0 Å². The molecule has 0 radical (unpaired) electrons. The fraction of sp³-hybridized carbons (Fsp3) is 0.222. The van der Waals surface area contributed by atoms with Crippen LogP contribution in [0, 0.1) is 0 Å². The van der Waals surface area contributed by atoms with Gasteiger partial charge in [-0.25, -0.2) is 18.8 Å². The number of hydrogen-bond donors (Lipinski definition) is 1. The number of rotatable bonds is 7. The van der Waals surface area contributed by atoms with Gasteiger partial charge in [-0.1, -0.05) is 54.6 Å². The SMILES string of the molecule is O=C(O[C@H]1[C@H](OC(=O)c2ccccc2)[C@@H](OC(=O)c2ccccc2)C(F)O[C@@H]1CO)c1ccccc1. The van der Waals surface area contributed by atoms with Gasteiger partial charge in [-0.05, 0) is 36.4 Å². The minimum atomic E-state index is -2.28. The molecule has 1 aliphatic heterocycles. The first-order valence-electron chi connectivity index (χ1n) is 11.2. The molecule has 0 bridgehead atoms. The van der Waals surface area contributed by atoms with Crippen LogP contribution in [-0.4, -0.2) is 60.4 Å². The number of aliphatic hydroxyl groups is 1.